The first-order chi connectivity index (χ1) is 17.4. The van der Waals surface area contributed by atoms with E-state index in [4.69, 9.17) is 22.7 Å². The Morgan fingerprint density at radius 3 is 2.28 bits per heavy atom. The SMILES string of the molecule is C[C@@H](N)C(=O)Nc1ccccc1-c1ccc(-n2c(=N)n(Cc3ccccc3Cl)c3ccccc32)cc1. The van der Waals surface area contributed by atoms with Crippen molar-refractivity contribution in [1.82, 2.24) is 9.13 Å². The molecule has 0 spiro atoms. The molecule has 0 unspecified atom stereocenters. The zero-order chi connectivity index (χ0) is 25.2. The van der Waals surface area contributed by atoms with Crippen LogP contribution in [0.25, 0.3) is 27.8 Å². The molecular weight excluding hydrogens is 470 g/mol. The van der Waals surface area contributed by atoms with Crippen molar-refractivity contribution in [3.8, 4) is 16.8 Å². The molecule has 1 atom stereocenters. The maximum Gasteiger partial charge on any atom is 0.241 e. The summed E-state index contributed by atoms with van der Waals surface area (Å²) in [5.41, 5.74) is 12.4. The fourth-order valence-corrected chi connectivity index (χ4v) is 4.52. The molecule has 0 aliphatic rings. The third-order valence-electron chi connectivity index (χ3n) is 6.20. The van der Waals surface area contributed by atoms with Crippen molar-refractivity contribution in [2.75, 3.05) is 5.32 Å². The van der Waals surface area contributed by atoms with Crippen LogP contribution in [0.4, 0.5) is 5.69 Å². The monoisotopic (exact) mass is 495 g/mol. The third-order valence-corrected chi connectivity index (χ3v) is 6.57. The number of rotatable bonds is 6. The van der Waals surface area contributed by atoms with Crippen LogP contribution >= 0.6 is 11.6 Å². The smallest absolute Gasteiger partial charge is 0.241 e. The summed E-state index contributed by atoms with van der Waals surface area (Å²) in [6, 6.07) is 30.7. The van der Waals surface area contributed by atoms with Crippen LogP contribution in [0.3, 0.4) is 0 Å². The van der Waals surface area contributed by atoms with Crippen LogP contribution in [0.15, 0.2) is 97.1 Å². The molecular formula is C29H26ClN5O. The summed E-state index contributed by atoms with van der Waals surface area (Å²) in [4.78, 5) is 12.2. The van der Waals surface area contributed by atoms with Crippen LogP contribution in [0.5, 0.6) is 0 Å². The summed E-state index contributed by atoms with van der Waals surface area (Å²) in [5.74, 6) is -0.236. The Labute approximate surface area is 214 Å². The van der Waals surface area contributed by atoms with E-state index in [1.807, 2.05) is 106 Å². The lowest BCUT2D eigenvalue weighted by atomic mass is 10.0. The number of carbonyl (C=O) groups excluding carboxylic acids is 1. The Kier molecular flexibility index (Phi) is 6.46. The molecule has 36 heavy (non-hydrogen) atoms. The number of nitrogens with two attached hydrogens (primary N) is 1. The predicted octanol–water partition coefficient (Wildman–Crippen LogP) is 5.57. The van der Waals surface area contributed by atoms with Crippen molar-refractivity contribution < 1.29 is 4.79 Å². The molecule has 0 fully saturated rings. The van der Waals surface area contributed by atoms with E-state index in [0.29, 0.717) is 22.9 Å². The molecule has 0 radical (unpaired) electrons. The quantitative estimate of drug-likeness (QED) is 0.287. The van der Waals surface area contributed by atoms with Gasteiger partial charge in [0.15, 0.2) is 0 Å². The molecule has 0 bridgehead atoms. The van der Waals surface area contributed by atoms with Gasteiger partial charge in [0.05, 0.1) is 23.6 Å². The molecule has 5 rings (SSSR count). The number of fused-ring (bicyclic) bond motifs is 1. The molecule has 7 heteroatoms. The van der Waals surface area contributed by atoms with Crippen molar-refractivity contribution in [2.24, 2.45) is 5.73 Å². The van der Waals surface area contributed by atoms with Gasteiger partial charge in [0.2, 0.25) is 11.5 Å². The second-order valence-electron chi connectivity index (χ2n) is 8.70. The third kappa shape index (κ3) is 4.44. The molecule has 180 valence electrons. The highest BCUT2D eigenvalue weighted by molar-refractivity contribution is 6.31. The van der Waals surface area contributed by atoms with E-state index >= 15 is 0 Å². The Morgan fingerprint density at radius 2 is 1.56 bits per heavy atom. The Hall–Kier alpha value is -4.13. The number of carbonyl (C=O) groups is 1. The molecule has 0 aliphatic carbocycles. The molecule has 5 aromatic rings. The Morgan fingerprint density at radius 1 is 0.917 bits per heavy atom. The normalized spacial score (nSPS) is 12.0. The van der Waals surface area contributed by atoms with E-state index in [2.05, 4.69) is 5.32 Å². The van der Waals surface area contributed by atoms with Crippen molar-refractivity contribution >= 4 is 34.2 Å². The number of amides is 1. The van der Waals surface area contributed by atoms with Crippen molar-refractivity contribution in [1.29, 1.82) is 5.41 Å². The zero-order valence-corrected chi connectivity index (χ0v) is 20.5. The Balaban J connectivity index is 1.55. The molecule has 1 heterocycles. The number of anilines is 1. The molecule has 0 saturated carbocycles. The molecule has 1 aromatic heterocycles. The highest BCUT2D eigenvalue weighted by Crippen LogP contribution is 2.29. The van der Waals surface area contributed by atoms with Crippen molar-refractivity contribution in [3.05, 3.63) is 113 Å². The number of imidazole rings is 1. The topological polar surface area (TPSA) is 88.8 Å². The summed E-state index contributed by atoms with van der Waals surface area (Å²) in [6.45, 7) is 2.15. The van der Waals surface area contributed by atoms with Gasteiger partial charge in [0, 0.05) is 22.0 Å². The second kappa shape index (κ2) is 9.85. The number of hydrogen-bond acceptors (Lipinski definition) is 3. The molecule has 6 nitrogen and oxygen atoms in total. The van der Waals surface area contributed by atoms with Gasteiger partial charge in [0.25, 0.3) is 0 Å². The minimum atomic E-state index is -0.601. The van der Waals surface area contributed by atoms with Gasteiger partial charge in [-0.05, 0) is 54.4 Å². The molecule has 1 amide bonds. The Bertz CT molecular complexity index is 1620. The number of aromatic nitrogens is 2. The van der Waals surface area contributed by atoms with Gasteiger partial charge in [-0.15, -0.1) is 0 Å². The van der Waals surface area contributed by atoms with Gasteiger partial charge in [-0.25, -0.2) is 0 Å². The first-order valence-electron chi connectivity index (χ1n) is 11.7. The summed E-state index contributed by atoms with van der Waals surface area (Å²) in [5, 5.41) is 12.6. The van der Waals surface area contributed by atoms with Crippen LogP contribution in [0.1, 0.15) is 12.5 Å². The average Bonchev–Trinajstić information content (AvgIpc) is 3.17. The zero-order valence-electron chi connectivity index (χ0n) is 19.8. The number of para-hydroxylation sites is 3. The van der Waals surface area contributed by atoms with Crippen LogP contribution in [-0.2, 0) is 11.3 Å². The maximum atomic E-state index is 12.2. The van der Waals surface area contributed by atoms with Crippen molar-refractivity contribution in [2.45, 2.75) is 19.5 Å². The summed E-state index contributed by atoms with van der Waals surface area (Å²) in [7, 11) is 0. The van der Waals surface area contributed by atoms with Crippen LogP contribution < -0.4 is 16.7 Å². The maximum absolute atomic E-state index is 12.2. The van der Waals surface area contributed by atoms with E-state index in [1.54, 1.807) is 6.92 Å². The first-order valence-corrected chi connectivity index (χ1v) is 12.1. The van der Waals surface area contributed by atoms with Crippen LogP contribution in [-0.4, -0.2) is 21.1 Å². The van der Waals surface area contributed by atoms with Crippen LogP contribution in [0, 0.1) is 5.41 Å². The minimum absolute atomic E-state index is 0.236. The van der Waals surface area contributed by atoms with Gasteiger partial charge in [0.1, 0.15) is 0 Å². The number of nitrogens with zero attached hydrogens (tertiary/aromatic N) is 2. The molecule has 4 N–H and O–H groups in total. The van der Waals surface area contributed by atoms with Gasteiger partial charge in [-0.2, -0.15) is 0 Å². The van der Waals surface area contributed by atoms with E-state index < -0.39 is 6.04 Å². The van der Waals surface area contributed by atoms with Crippen LogP contribution in [0.2, 0.25) is 5.02 Å². The summed E-state index contributed by atoms with van der Waals surface area (Å²) >= 11 is 6.42. The fraction of sp³-hybridized carbons (Fsp3) is 0.103. The van der Waals surface area contributed by atoms with Gasteiger partial charge in [-0.3, -0.25) is 14.8 Å². The highest BCUT2D eigenvalue weighted by Gasteiger charge is 2.15. The molecule has 4 aromatic carbocycles. The van der Waals surface area contributed by atoms with E-state index in [9.17, 15) is 4.79 Å². The van der Waals surface area contributed by atoms with Gasteiger partial charge >= 0.3 is 0 Å². The van der Waals surface area contributed by atoms with Gasteiger partial charge in [-0.1, -0.05) is 72.3 Å². The largest absolute Gasteiger partial charge is 0.324 e. The van der Waals surface area contributed by atoms with E-state index in [0.717, 1.165) is 33.4 Å². The lowest BCUT2D eigenvalue weighted by Crippen LogP contribution is -2.32. The summed E-state index contributed by atoms with van der Waals surface area (Å²) < 4.78 is 3.89. The van der Waals surface area contributed by atoms with E-state index in [1.165, 1.54) is 0 Å². The first kappa shape index (κ1) is 23.6. The average molecular weight is 496 g/mol. The molecule has 0 aliphatic heterocycles. The summed E-state index contributed by atoms with van der Waals surface area (Å²) in [6.07, 6.45) is 0. The van der Waals surface area contributed by atoms with Gasteiger partial charge < -0.3 is 15.6 Å². The van der Waals surface area contributed by atoms with E-state index in [-0.39, 0.29) is 5.91 Å². The second-order valence-corrected chi connectivity index (χ2v) is 9.10. The number of benzene rings is 4. The highest BCUT2D eigenvalue weighted by atomic mass is 35.5. The molecule has 0 saturated heterocycles. The number of nitrogens with one attached hydrogen (secondary N) is 2. The number of hydrogen-bond donors (Lipinski definition) is 3. The minimum Gasteiger partial charge on any atom is -0.324 e. The lowest BCUT2D eigenvalue weighted by molar-refractivity contribution is -0.117. The number of halogens is 1. The fourth-order valence-electron chi connectivity index (χ4n) is 4.33. The standard InChI is InChI=1S/C29H26ClN5O/c1-19(31)28(36)33-25-11-5-3-9-23(25)20-14-16-22(17-15-20)35-27-13-7-6-12-26(27)34(29(35)32)18-21-8-2-4-10-24(21)30/h2-17,19,32H,18,31H2,1H3,(H,33,36)/t19-/m1/s1. The van der Waals surface area contributed by atoms with Crippen molar-refractivity contribution in [3.63, 3.8) is 0 Å². The lowest BCUT2D eigenvalue weighted by Gasteiger charge is -2.13. The predicted molar refractivity (Wildman–Crippen MR) is 145 cm³/mol.